The van der Waals surface area contributed by atoms with Crippen molar-refractivity contribution in [1.29, 1.82) is 0 Å². The lowest BCUT2D eigenvalue weighted by Crippen LogP contribution is -2.16. The Bertz CT molecular complexity index is 597. The van der Waals surface area contributed by atoms with E-state index in [0.717, 1.165) is 15.8 Å². The molecule has 0 unspecified atom stereocenters. The lowest BCUT2D eigenvalue weighted by atomic mass is 10.2. The molecule has 1 amide bonds. The minimum atomic E-state index is -0.209. The summed E-state index contributed by atoms with van der Waals surface area (Å²) in [5, 5.41) is 5.76. The summed E-state index contributed by atoms with van der Waals surface area (Å²) in [6.45, 7) is 0. The van der Waals surface area contributed by atoms with E-state index >= 15 is 0 Å². The van der Waals surface area contributed by atoms with Crippen LogP contribution in [0.25, 0.3) is 0 Å². The predicted molar refractivity (Wildman–Crippen MR) is 80.1 cm³/mol. The Morgan fingerprint density at radius 2 is 2.32 bits per heavy atom. The highest BCUT2D eigenvalue weighted by Gasteiger charge is 2.04. The van der Waals surface area contributed by atoms with Gasteiger partial charge in [0, 0.05) is 0 Å². The molecule has 1 heterocycles. The molecule has 2 rings (SSSR count). The number of thiophene rings is 1. The largest absolute Gasteiger partial charge is 0.496 e. The van der Waals surface area contributed by atoms with Crippen molar-refractivity contribution >= 4 is 39.4 Å². The number of halogens is 1. The summed E-state index contributed by atoms with van der Waals surface area (Å²) < 4.78 is 5.97. The van der Waals surface area contributed by atoms with Crippen LogP contribution in [-0.4, -0.2) is 19.2 Å². The number of hydrogen-bond donors (Lipinski definition) is 1. The second-order valence-corrected chi connectivity index (χ2v) is 5.37. The predicted octanol–water partition coefficient (Wildman–Crippen LogP) is 3.28. The van der Waals surface area contributed by atoms with Gasteiger partial charge in [-0.3, -0.25) is 4.79 Å². The van der Waals surface area contributed by atoms with Gasteiger partial charge >= 0.3 is 0 Å². The third-order valence-corrected chi connectivity index (χ3v) is 3.79. The Morgan fingerprint density at radius 3 is 2.95 bits per heavy atom. The van der Waals surface area contributed by atoms with E-state index in [2.05, 4.69) is 26.5 Å². The maximum Gasteiger partial charge on any atom is 0.281 e. The second-order valence-electron chi connectivity index (χ2n) is 3.57. The van der Waals surface area contributed by atoms with Crippen molar-refractivity contribution in [3.8, 4) is 5.75 Å². The first-order chi connectivity index (χ1) is 9.20. The number of hydrazone groups is 1. The third-order valence-electron chi connectivity index (χ3n) is 2.30. The van der Waals surface area contributed by atoms with Crippen molar-refractivity contribution in [2.24, 2.45) is 5.10 Å². The van der Waals surface area contributed by atoms with Crippen LogP contribution in [0.15, 0.2) is 45.3 Å². The number of benzene rings is 1. The fraction of sp³-hybridized carbons (Fsp3) is 0.0769. The zero-order chi connectivity index (χ0) is 13.7. The highest BCUT2D eigenvalue weighted by Crippen LogP contribution is 2.24. The molecule has 0 saturated heterocycles. The summed E-state index contributed by atoms with van der Waals surface area (Å²) in [7, 11) is 1.61. The molecule has 0 aliphatic heterocycles. The first-order valence-corrected chi connectivity index (χ1v) is 7.08. The minimum Gasteiger partial charge on any atom is -0.496 e. The highest BCUT2D eigenvalue weighted by atomic mass is 79.9. The van der Waals surface area contributed by atoms with Crippen LogP contribution >= 0.6 is 27.3 Å². The van der Waals surface area contributed by atoms with Gasteiger partial charge in [0.25, 0.3) is 5.91 Å². The molecule has 6 heteroatoms. The van der Waals surface area contributed by atoms with E-state index in [-0.39, 0.29) is 5.91 Å². The summed E-state index contributed by atoms with van der Waals surface area (Å²) in [6.07, 6.45) is 1.58. The van der Waals surface area contributed by atoms with Gasteiger partial charge in [-0.05, 0) is 51.1 Å². The molecule has 0 aliphatic carbocycles. The smallest absolute Gasteiger partial charge is 0.281 e. The number of rotatable bonds is 4. The maximum atomic E-state index is 11.6. The van der Waals surface area contributed by atoms with Crippen molar-refractivity contribution in [3.63, 3.8) is 0 Å². The van der Waals surface area contributed by atoms with Gasteiger partial charge < -0.3 is 4.74 Å². The monoisotopic (exact) mass is 338 g/mol. The Kier molecular flexibility index (Phi) is 4.70. The van der Waals surface area contributed by atoms with Gasteiger partial charge in [0.05, 0.1) is 22.7 Å². The van der Waals surface area contributed by atoms with Crippen LogP contribution in [0.3, 0.4) is 0 Å². The van der Waals surface area contributed by atoms with Crippen LogP contribution in [0.4, 0.5) is 0 Å². The zero-order valence-electron chi connectivity index (χ0n) is 10.1. The van der Waals surface area contributed by atoms with Crippen LogP contribution in [0.5, 0.6) is 5.75 Å². The van der Waals surface area contributed by atoms with Gasteiger partial charge in [0.2, 0.25) is 0 Å². The fourth-order valence-corrected chi connectivity index (χ4v) is 2.56. The van der Waals surface area contributed by atoms with Crippen LogP contribution in [-0.2, 0) is 0 Å². The average Bonchev–Trinajstić information content (AvgIpc) is 2.93. The minimum absolute atomic E-state index is 0.209. The average molecular weight is 339 g/mol. The number of methoxy groups -OCH3 is 1. The standard InChI is InChI=1S/C13H11BrN2O2S/c1-18-11-5-4-9(7-10(11)14)8-15-16-13(17)12-3-2-6-19-12/h2-8H,1H3,(H,16,17)/b15-8+. The Morgan fingerprint density at radius 1 is 1.47 bits per heavy atom. The topological polar surface area (TPSA) is 50.7 Å². The van der Waals surface area contributed by atoms with Crippen LogP contribution in [0, 0.1) is 0 Å². The number of nitrogens with one attached hydrogen (secondary N) is 1. The van der Waals surface area contributed by atoms with Crippen molar-refractivity contribution in [2.45, 2.75) is 0 Å². The van der Waals surface area contributed by atoms with E-state index in [1.54, 1.807) is 19.4 Å². The molecule has 0 bridgehead atoms. The summed E-state index contributed by atoms with van der Waals surface area (Å²) in [5.41, 5.74) is 3.34. The lowest BCUT2D eigenvalue weighted by molar-refractivity contribution is 0.0959. The number of ether oxygens (including phenoxy) is 1. The van der Waals surface area contributed by atoms with Gasteiger partial charge in [-0.25, -0.2) is 5.43 Å². The summed E-state index contributed by atoms with van der Waals surface area (Å²) in [6, 6.07) is 9.11. The van der Waals surface area contributed by atoms with Crippen LogP contribution in [0.2, 0.25) is 0 Å². The third kappa shape index (κ3) is 3.65. The molecule has 0 spiro atoms. The molecule has 0 radical (unpaired) electrons. The summed E-state index contributed by atoms with van der Waals surface area (Å²) >= 11 is 4.76. The number of hydrogen-bond acceptors (Lipinski definition) is 4. The number of carbonyl (C=O) groups is 1. The molecule has 0 aliphatic rings. The number of carbonyl (C=O) groups excluding carboxylic acids is 1. The first kappa shape index (κ1) is 13.8. The molecule has 2 aromatic rings. The summed E-state index contributed by atoms with van der Waals surface area (Å²) in [4.78, 5) is 12.3. The van der Waals surface area contributed by atoms with Crippen molar-refractivity contribution in [3.05, 3.63) is 50.6 Å². The molecule has 1 aromatic carbocycles. The molecule has 1 N–H and O–H groups in total. The fourth-order valence-electron chi connectivity index (χ4n) is 1.39. The van der Waals surface area contributed by atoms with E-state index in [1.165, 1.54) is 11.3 Å². The van der Waals surface area contributed by atoms with E-state index in [4.69, 9.17) is 4.74 Å². The second kappa shape index (κ2) is 6.49. The molecular weight excluding hydrogens is 328 g/mol. The van der Waals surface area contributed by atoms with Crippen LogP contribution in [0.1, 0.15) is 15.2 Å². The lowest BCUT2D eigenvalue weighted by Gasteiger charge is -2.03. The van der Waals surface area contributed by atoms with E-state index in [9.17, 15) is 4.79 Å². The van der Waals surface area contributed by atoms with E-state index in [0.29, 0.717) is 4.88 Å². The molecular formula is C13H11BrN2O2S. The summed E-state index contributed by atoms with van der Waals surface area (Å²) in [5.74, 6) is 0.540. The molecule has 1 aromatic heterocycles. The Balaban J connectivity index is 1.99. The van der Waals surface area contributed by atoms with Crippen molar-refractivity contribution in [1.82, 2.24) is 5.43 Å². The van der Waals surface area contributed by atoms with Crippen LogP contribution < -0.4 is 10.2 Å². The molecule has 4 nitrogen and oxygen atoms in total. The quantitative estimate of drug-likeness (QED) is 0.687. The van der Waals surface area contributed by atoms with E-state index in [1.807, 2.05) is 29.6 Å². The van der Waals surface area contributed by atoms with Gasteiger partial charge in [-0.2, -0.15) is 5.10 Å². The van der Waals surface area contributed by atoms with Gasteiger partial charge in [-0.15, -0.1) is 11.3 Å². The normalized spacial score (nSPS) is 10.6. The molecule has 0 saturated carbocycles. The Labute approximate surface area is 123 Å². The van der Waals surface area contributed by atoms with Crippen molar-refractivity contribution in [2.75, 3.05) is 7.11 Å². The van der Waals surface area contributed by atoms with Gasteiger partial charge in [0.15, 0.2) is 0 Å². The van der Waals surface area contributed by atoms with Crippen molar-refractivity contribution < 1.29 is 9.53 Å². The Hall–Kier alpha value is -1.66. The molecule has 98 valence electrons. The zero-order valence-corrected chi connectivity index (χ0v) is 12.5. The van der Waals surface area contributed by atoms with Gasteiger partial charge in [-0.1, -0.05) is 6.07 Å². The number of nitrogens with zero attached hydrogens (tertiary/aromatic N) is 1. The SMILES string of the molecule is COc1ccc(/C=N/NC(=O)c2cccs2)cc1Br. The molecule has 0 fully saturated rings. The molecule has 0 atom stereocenters. The first-order valence-electron chi connectivity index (χ1n) is 5.41. The van der Waals surface area contributed by atoms with E-state index < -0.39 is 0 Å². The number of amides is 1. The van der Waals surface area contributed by atoms with Gasteiger partial charge in [0.1, 0.15) is 5.75 Å². The maximum absolute atomic E-state index is 11.6. The molecule has 19 heavy (non-hydrogen) atoms. The highest BCUT2D eigenvalue weighted by molar-refractivity contribution is 9.10.